The van der Waals surface area contributed by atoms with Crippen LogP contribution < -0.4 is 5.32 Å². The van der Waals surface area contributed by atoms with Gasteiger partial charge in [-0.15, -0.1) is 11.8 Å². The smallest absolute Gasteiger partial charge is 0.328 e. The highest BCUT2D eigenvalue weighted by Crippen LogP contribution is 2.23. The first-order chi connectivity index (χ1) is 8.20. The van der Waals surface area contributed by atoms with Crippen molar-refractivity contribution in [3.63, 3.8) is 0 Å². The molecule has 1 fully saturated rings. The van der Waals surface area contributed by atoms with Crippen LogP contribution in [0.15, 0.2) is 0 Å². The summed E-state index contributed by atoms with van der Waals surface area (Å²) in [5.41, 5.74) is 0. The van der Waals surface area contributed by atoms with Crippen LogP contribution in [0.5, 0.6) is 0 Å². The zero-order valence-corrected chi connectivity index (χ0v) is 11.5. The Balaban J connectivity index is 2.67. The van der Waals surface area contributed by atoms with Gasteiger partial charge in [-0.1, -0.05) is 20.8 Å². The van der Waals surface area contributed by atoms with Crippen LogP contribution in [0.1, 0.15) is 20.8 Å². The van der Waals surface area contributed by atoms with E-state index in [2.05, 4.69) is 5.32 Å². The number of carbonyl (C=O) groups is 3. The number of piperazine rings is 1. The third-order valence-electron chi connectivity index (χ3n) is 2.42. The Morgan fingerprint density at radius 2 is 2.11 bits per heavy atom. The maximum Gasteiger partial charge on any atom is 0.328 e. The Hall–Kier alpha value is -1.24. The third kappa shape index (κ3) is 4.21. The van der Waals surface area contributed by atoms with Crippen LogP contribution in [0.4, 0.5) is 0 Å². The zero-order valence-electron chi connectivity index (χ0n) is 10.7. The molecule has 0 aromatic carbocycles. The van der Waals surface area contributed by atoms with Crippen LogP contribution in [0.2, 0.25) is 0 Å². The van der Waals surface area contributed by atoms with Gasteiger partial charge >= 0.3 is 5.97 Å². The largest absolute Gasteiger partial charge is 0.480 e. The fourth-order valence-electron chi connectivity index (χ4n) is 1.49. The number of rotatable bonds is 3. The summed E-state index contributed by atoms with van der Waals surface area (Å²) < 4.78 is -0.0770. The molecule has 7 heteroatoms. The molecular weight excluding hydrogens is 256 g/mol. The average molecular weight is 274 g/mol. The molecule has 2 N–H and O–H groups in total. The topological polar surface area (TPSA) is 86.7 Å². The zero-order chi connectivity index (χ0) is 13.9. The molecule has 1 aliphatic rings. The van der Waals surface area contributed by atoms with Crippen LogP contribution in [0.3, 0.4) is 0 Å². The lowest BCUT2D eigenvalue weighted by atomic mass is 10.2. The first kappa shape index (κ1) is 14.8. The van der Waals surface area contributed by atoms with E-state index < -0.39 is 12.0 Å². The van der Waals surface area contributed by atoms with Crippen molar-refractivity contribution in [2.45, 2.75) is 31.6 Å². The number of aliphatic carboxylic acids is 1. The molecule has 0 aromatic rings. The fourth-order valence-corrected chi connectivity index (χ4v) is 2.21. The van der Waals surface area contributed by atoms with Gasteiger partial charge < -0.3 is 15.3 Å². The molecule has 6 nitrogen and oxygen atoms in total. The van der Waals surface area contributed by atoms with E-state index in [4.69, 9.17) is 5.11 Å². The minimum absolute atomic E-state index is 0.0277. The number of nitrogens with one attached hydrogen (secondary N) is 1. The lowest BCUT2D eigenvalue weighted by Gasteiger charge is -2.33. The van der Waals surface area contributed by atoms with Gasteiger partial charge in [0.2, 0.25) is 11.8 Å². The van der Waals surface area contributed by atoms with Crippen LogP contribution in [0, 0.1) is 0 Å². The molecule has 0 spiro atoms. The van der Waals surface area contributed by atoms with E-state index in [9.17, 15) is 14.4 Å². The molecule has 1 unspecified atom stereocenters. The van der Waals surface area contributed by atoms with Gasteiger partial charge in [0.05, 0.1) is 5.75 Å². The van der Waals surface area contributed by atoms with E-state index >= 15 is 0 Å². The number of hydrogen-bond acceptors (Lipinski definition) is 4. The highest BCUT2D eigenvalue weighted by Gasteiger charge is 2.35. The number of carboxylic acid groups (broad SMARTS) is 1. The molecule has 0 bridgehead atoms. The number of nitrogens with zero attached hydrogens (tertiary/aromatic N) is 1. The van der Waals surface area contributed by atoms with E-state index in [1.807, 2.05) is 20.8 Å². The normalized spacial score (nSPS) is 20.5. The molecule has 0 saturated carbocycles. The average Bonchev–Trinajstić information content (AvgIpc) is 2.24. The van der Waals surface area contributed by atoms with E-state index in [0.717, 1.165) is 4.90 Å². The van der Waals surface area contributed by atoms with Gasteiger partial charge in [0, 0.05) is 11.3 Å². The molecule has 102 valence electrons. The Morgan fingerprint density at radius 1 is 1.50 bits per heavy atom. The van der Waals surface area contributed by atoms with Crippen LogP contribution in [0.25, 0.3) is 0 Å². The van der Waals surface area contributed by atoms with Crippen LogP contribution >= 0.6 is 11.8 Å². The molecule has 1 atom stereocenters. The van der Waals surface area contributed by atoms with Gasteiger partial charge in [0.25, 0.3) is 0 Å². The van der Waals surface area contributed by atoms with Crippen molar-refractivity contribution < 1.29 is 19.5 Å². The fraction of sp³-hybridized carbons (Fsp3) is 0.727. The number of hydrogen-bond donors (Lipinski definition) is 2. The molecule has 0 radical (unpaired) electrons. The first-order valence-corrected chi connectivity index (χ1v) is 6.62. The molecule has 2 amide bonds. The maximum atomic E-state index is 12.0. The quantitative estimate of drug-likeness (QED) is 0.752. The van der Waals surface area contributed by atoms with Crippen LogP contribution in [-0.4, -0.2) is 57.4 Å². The summed E-state index contributed by atoms with van der Waals surface area (Å²) >= 11 is 1.43. The van der Waals surface area contributed by atoms with Crippen molar-refractivity contribution in [1.82, 2.24) is 10.2 Å². The van der Waals surface area contributed by atoms with Gasteiger partial charge in [-0.25, -0.2) is 4.79 Å². The van der Waals surface area contributed by atoms with Crippen molar-refractivity contribution in [3.8, 4) is 0 Å². The highest BCUT2D eigenvalue weighted by molar-refractivity contribution is 8.01. The minimum Gasteiger partial charge on any atom is -0.480 e. The standard InChI is InChI=1S/C11H18N2O4S/c1-11(2,3)18-6-9(15)13-5-8(14)12-4-7(13)10(16)17/h7H,4-6H2,1-3H3,(H,12,14)(H,16,17). The van der Waals surface area contributed by atoms with Gasteiger partial charge in [-0.3, -0.25) is 9.59 Å². The summed E-state index contributed by atoms with van der Waals surface area (Å²) in [5.74, 6) is -1.54. The Morgan fingerprint density at radius 3 is 2.61 bits per heavy atom. The number of carbonyl (C=O) groups excluding carboxylic acids is 2. The molecule has 1 rings (SSSR count). The second-order valence-corrected chi connectivity index (χ2v) is 6.88. The van der Waals surface area contributed by atoms with Crippen LogP contribution in [-0.2, 0) is 14.4 Å². The molecule has 1 heterocycles. The number of carboxylic acids is 1. The summed E-state index contributed by atoms with van der Waals surface area (Å²) in [6, 6.07) is -0.962. The van der Waals surface area contributed by atoms with Crippen molar-refractivity contribution in [2.24, 2.45) is 0 Å². The summed E-state index contributed by atoms with van der Waals surface area (Å²) in [7, 11) is 0. The summed E-state index contributed by atoms with van der Waals surface area (Å²) in [4.78, 5) is 35.4. The van der Waals surface area contributed by atoms with Crippen molar-refractivity contribution >= 4 is 29.5 Å². The molecule has 18 heavy (non-hydrogen) atoms. The summed E-state index contributed by atoms with van der Waals surface area (Å²) in [6.45, 7) is 5.72. The molecule has 1 saturated heterocycles. The molecule has 1 aliphatic heterocycles. The SMILES string of the molecule is CC(C)(C)SCC(=O)N1CC(=O)NCC1C(=O)O. The Labute approximate surface area is 110 Å². The second-order valence-electron chi connectivity index (χ2n) is 5.08. The van der Waals surface area contributed by atoms with Gasteiger partial charge in [0.15, 0.2) is 0 Å². The third-order valence-corrected chi connectivity index (χ3v) is 3.67. The van der Waals surface area contributed by atoms with E-state index in [-0.39, 0.29) is 35.4 Å². The second kappa shape index (κ2) is 5.60. The summed E-state index contributed by atoms with van der Waals surface area (Å²) in [6.07, 6.45) is 0. The maximum absolute atomic E-state index is 12.0. The molecular formula is C11H18N2O4S. The molecule has 0 aromatic heterocycles. The van der Waals surface area contributed by atoms with E-state index in [1.165, 1.54) is 11.8 Å². The van der Waals surface area contributed by atoms with E-state index in [1.54, 1.807) is 0 Å². The van der Waals surface area contributed by atoms with Crippen molar-refractivity contribution in [1.29, 1.82) is 0 Å². The Bertz CT molecular complexity index is 365. The lowest BCUT2D eigenvalue weighted by molar-refractivity contribution is -0.152. The predicted molar refractivity (Wildman–Crippen MR) is 68.4 cm³/mol. The van der Waals surface area contributed by atoms with E-state index in [0.29, 0.717) is 0 Å². The first-order valence-electron chi connectivity index (χ1n) is 5.63. The lowest BCUT2D eigenvalue weighted by Crippen LogP contribution is -2.59. The van der Waals surface area contributed by atoms with Crippen molar-refractivity contribution in [2.75, 3.05) is 18.8 Å². The highest BCUT2D eigenvalue weighted by atomic mass is 32.2. The number of thioether (sulfide) groups is 1. The summed E-state index contributed by atoms with van der Waals surface area (Å²) in [5, 5.41) is 11.5. The minimum atomic E-state index is -1.09. The van der Waals surface area contributed by atoms with Gasteiger partial charge in [-0.2, -0.15) is 0 Å². The molecule has 0 aliphatic carbocycles. The predicted octanol–water partition coefficient (Wildman–Crippen LogP) is -0.0703. The number of amides is 2. The Kier molecular flexibility index (Phi) is 4.61. The van der Waals surface area contributed by atoms with Gasteiger partial charge in [-0.05, 0) is 0 Å². The monoisotopic (exact) mass is 274 g/mol. The van der Waals surface area contributed by atoms with Crippen molar-refractivity contribution in [3.05, 3.63) is 0 Å². The van der Waals surface area contributed by atoms with Gasteiger partial charge in [0.1, 0.15) is 12.6 Å².